The second-order valence-electron chi connectivity index (χ2n) is 5.71. The van der Waals surface area contributed by atoms with Crippen LogP contribution in [0.3, 0.4) is 0 Å². The molecule has 0 aliphatic rings. The van der Waals surface area contributed by atoms with Crippen LogP contribution in [0.2, 0.25) is 13.1 Å². The van der Waals surface area contributed by atoms with Crippen molar-refractivity contribution in [3.63, 3.8) is 0 Å². The fourth-order valence-electron chi connectivity index (χ4n) is 1.84. The van der Waals surface area contributed by atoms with Crippen molar-refractivity contribution < 1.29 is 9.16 Å². The summed E-state index contributed by atoms with van der Waals surface area (Å²) in [5, 5.41) is 0. The van der Waals surface area contributed by atoms with E-state index < -0.39 is 9.04 Å². The molecule has 90 valence electrons. The van der Waals surface area contributed by atoms with E-state index in [2.05, 4.69) is 63.7 Å². The maximum atomic E-state index is 6.02. The monoisotopic (exact) mass is 244 g/mol. The predicted molar refractivity (Wildman–Crippen MR) is 76.6 cm³/mol. The molecule has 1 aromatic rings. The Hall–Kier alpha value is -0.366. The summed E-state index contributed by atoms with van der Waals surface area (Å²) in [6.07, 6.45) is 0. The Labute approximate surface area is 116 Å². The van der Waals surface area contributed by atoms with Crippen molar-refractivity contribution in [2.75, 3.05) is 7.11 Å². The number of hydrogen-bond acceptors (Lipinski definition) is 2. The first-order valence-electron chi connectivity index (χ1n) is 6.12. The van der Waals surface area contributed by atoms with Crippen LogP contribution in [0.5, 0.6) is 11.5 Å². The number of ether oxygens (including phenoxy) is 1. The molecule has 0 aliphatic heterocycles. The Morgan fingerprint density at radius 2 is 1.71 bits per heavy atom. The zero-order valence-electron chi connectivity index (χ0n) is 12.0. The Bertz CT molecular complexity index is 397. The van der Waals surface area contributed by atoms with Crippen LogP contribution in [-0.2, 0) is 5.41 Å². The molecule has 17 heavy (non-hydrogen) atoms. The van der Waals surface area contributed by atoms with Crippen LogP contribution in [0.15, 0.2) is 12.1 Å². The second-order valence-corrected chi connectivity index (χ2v) is 8.04. The quantitative estimate of drug-likeness (QED) is 0.759. The first-order valence-corrected chi connectivity index (χ1v) is 8.90. The van der Waals surface area contributed by atoms with Gasteiger partial charge >= 0.3 is 116 Å². The van der Waals surface area contributed by atoms with Crippen molar-refractivity contribution in [1.82, 2.24) is 0 Å². The summed E-state index contributed by atoms with van der Waals surface area (Å²) in [6, 6.07) is 4.26. The third-order valence-corrected chi connectivity index (χ3v) is 3.38. The fourth-order valence-corrected chi connectivity index (χ4v) is 2.60. The van der Waals surface area contributed by atoms with Crippen molar-refractivity contribution in [2.45, 2.75) is 39.3 Å². The molecule has 0 radical (unpaired) electrons. The van der Waals surface area contributed by atoms with Crippen LogP contribution in [0.25, 0.3) is 0 Å². The summed E-state index contributed by atoms with van der Waals surface area (Å²) in [4.78, 5) is 0. The minimum atomic E-state index is -1.12. The first-order chi connectivity index (χ1) is 7.77. The molecule has 0 saturated heterocycles. The topological polar surface area (TPSA) is 18.5 Å². The summed E-state index contributed by atoms with van der Waals surface area (Å²) in [6.45, 7) is 10.9. The van der Waals surface area contributed by atoms with Gasteiger partial charge in [-0.3, -0.25) is 0 Å². The van der Waals surface area contributed by atoms with Crippen LogP contribution in [-0.4, -0.2) is 33.9 Å². The SMILES string of the molecule is [Li][c]1ccc(C(C)(C)C)c(OC)c1O[SiH](C)C. The van der Waals surface area contributed by atoms with Gasteiger partial charge in [0.1, 0.15) is 0 Å². The third kappa shape index (κ3) is 3.54. The van der Waals surface area contributed by atoms with Gasteiger partial charge in [-0.2, -0.15) is 0 Å². The van der Waals surface area contributed by atoms with E-state index in [0.717, 1.165) is 15.7 Å². The number of rotatable bonds is 3. The van der Waals surface area contributed by atoms with Crippen molar-refractivity contribution in [2.24, 2.45) is 0 Å². The standard InChI is InChI=1S/C13H21O2Si.Li/c1-13(2,3)10-8-7-9-11(12(10)14-4)15-16(5)6;/h7-8,16H,1-6H3;. The van der Waals surface area contributed by atoms with Gasteiger partial charge in [-0.05, 0) is 0 Å². The fraction of sp³-hybridized carbons (Fsp3) is 0.538. The first kappa shape index (κ1) is 14.7. The predicted octanol–water partition coefficient (Wildman–Crippen LogP) is 2.15. The van der Waals surface area contributed by atoms with Gasteiger partial charge in [0.25, 0.3) is 0 Å². The number of methoxy groups -OCH3 is 1. The maximum absolute atomic E-state index is 6.02. The molecule has 1 aromatic carbocycles. The average molecular weight is 244 g/mol. The van der Waals surface area contributed by atoms with Gasteiger partial charge in [-0.25, -0.2) is 0 Å². The Balaban J connectivity index is 3.36. The second kappa shape index (κ2) is 5.52. The summed E-state index contributed by atoms with van der Waals surface area (Å²) in [7, 11) is 0.599. The van der Waals surface area contributed by atoms with Gasteiger partial charge in [0.2, 0.25) is 0 Å². The van der Waals surface area contributed by atoms with Crippen molar-refractivity contribution in [1.29, 1.82) is 0 Å². The number of benzene rings is 1. The normalized spacial score (nSPS) is 11.8. The van der Waals surface area contributed by atoms with Crippen LogP contribution in [0, 0.1) is 0 Å². The molecule has 0 aliphatic carbocycles. The molecule has 0 saturated carbocycles. The summed E-state index contributed by atoms with van der Waals surface area (Å²) in [5.74, 6) is 1.83. The molecule has 2 nitrogen and oxygen atoms in total. The molecule has 0 amide bonds. The molecule has 0 heterocycles. The Kier molecular flexibility index (Phi) is 4.77. The van der Waals surface area contributed by atoms with E-state index in [1.807, 2.05) is 0 Å². The molecule has 0 bridgehead atoms. The molecule has 0 atom stereocenters. The molecular weight excluding hydrogens is 223 g/mol. The molecule has 0 unspecified atom stereocenters. The van der Waals surface area contributed by atoms with Gasteiger partial charge in [0, 0.05) is 0 Å². The van der Waals surface area contributed by atoms with E-state index in [-0.39, 0.29) is 5.41 Å². The van der Waals surface area contributed by atoms with E-state index >= 15 is 0 Å². The number of hydrogen-bond donors (Lipinski definition) is 0. The van der Waals surface area contributed by atoms with Gasteiger partial charge in [0.15, 0.2) is 0 Å². The molecule has 0 aromatic heterocycles. The van der Waals surface area contributed by atoms with E-state index in [4.69, 9.17) is 9.16 Å². The molecule has 0 N–H and O–H groups in total. The molecular formula is C13H21LiO2Si. The molecule has 0 fully saturated rings. The van der Waals surface area contributed by atoms with Crippen LogP contribution < -0.4 is 13.4 Å². The summed E-state index contributed by atoms with van der Waals surface area (Å²) in [5.41, 5.74) is 1.27. The van der Waals surface area contributed by atoms with Crippen molar-refractivity contribution in [3.05, 3.63) is 17.7 Å². The van der Waals surface area contributed by atoms with E-state index in [1.54, 1.807) is 7.11 Å². The zero-order valence-corrected chi connectivity index (χ0v) is 13.2. The van der Waals surface area contributed by atoms with Crippen molar-refractivity contribution >= 4 is 31.0 Å². The van der Waals surface area contributed by atoms with Crippen molar-refractivity contribution in [3.8, 4) is 11.5 Å². The Morgan fingerprint density at radius 3 is 2.12 bits per heavy atom. The molecule has 1 rings (SSSR count). The zero-order chi connectivity index (χ0) is 13.2. The van der Waals surface area contributed by atoms with E-state index in [9.17, 15) is 0 Å². The van der Waals surface area contributed by atoms with E-state index in [1.165, 1.54) is 5.56 Å². The molecule has 4 heteroatoms. The molecule has 0 spiro atoms. The van der Waals surface area contributed by atoms with E-state index in [0.29, 0.717) is 0 Å². The van der Waals surface area contributed by atoms with Crippen LogP contribution >= 0.6 is 0 Å². The summed E-state index contributed by atoms with van der Waals surface area (Å²) >= 11 is 2.07. The van der Waals surface area contributed by atoms with Gasteiger partial charge < -0.3 is 0 Å². The van der Waals surface area contributed by atoms with Gasteiger partial charge in [-0.1, -0.05) is 0 Å². The van der Waals surface area contributed by atoms with Gasteiger partial charge in [0.05, 0.1) is 0 Å². The van der Waals surface area contributed by atoms with Crippen LogP contribution in [0.1, 0.15) is 26.3 Å². The third-order valence-electron chi connectivity index (χ3n) is 2.67. The average Bonchev–Trinajstić information content (AvgIpc) is 2.18. The minimum absolute atomic E-state index is 0.0652. The van der Waals surface area contributed by atoms with Crippen LogP contribution in [0.4, 0.5) is 0 Å². The Morgan fingerprint density at radius 1 is 1.12 bits per heavy atom. The summed E-state index contributed by atoms with van der Waals surface area (Å²) < 4.78 is 12.7. The van der Waals surface area contributed by atoms with Gasteiger partial charge in [-0.15, -0.1) is 0 Å².